The Kier molecular flexibility index (Phi) is 6.04. The largest absolute Gasteiger partial charge is 0.493 e. The molecular weight excluding hydrogens is 338 g/mol. The van der Waals surface area contributed by atoms with Gasteiger partial charge in [-0.1, -0.05) is 25.5 Å². The fourth-order valence-corrected chi connectivity index (χ4v) is 3.78. The number of carbonyl (C=O) groups excluding carboxylic acids is 1. The molecule has 0 bridgehead atoms. The molecule has 4 heteroatoms. The number of rotatable bonds is 6. The summed E-state index contributed by atoms with van der Waals surface area (Å²) in [6, 6.07) is 12.1. The first-order valence-corrected chi connectivity index (χ1v) is 9.73. The zero-order valence-electron chi connectivity index (χ0n) is 16.7. The van der Waals surface area contributed by atoms with Crippen LogP contribution >= 0.6 is 0 Å². The van der Waals surface area contributed by atoms with Crippen LogP contribution in [0.4, 0.5) is 0 Å². The van der Waals surface area contributed by atoms with Crippen molar-refractivity contribution in [3.63, 3.8) is 0 Å². The van der Waals surface area contributed by atoms with E-state index in [0.717, 1.165) is 29.7 Å². The fourth-order valence-electron chi connectivity index (χ4n) is 3.78. The Morgan fingerprint density at radius 2 is 1.78 bits per heavy atom. The minimum absolute atomic E-state index is 0.000763. The van der Waals surface area contributed by atoms with Crippen molar-refractivity contribution in [3.05, 3.63) is 58.7 Å². The molecule has 0 fully saturated rings. The number of hydrogen-bond donors (Lipinski definition) is 0. The van der Waals surface area contributed by atoms with E-state index in [-0.39, 0.29) is 11.9 Å². The standard InChI is InChI=1S/C23H29NO3/c1-5-6-7-17-8-10-18(11-9-17)23(25)24-13-12-19-14-21(26-3)22(27-4)15-20(19)16(24)2/h8-11,14-16H,5-7,12-13H2,1-4H3/t16-/m0/s1. The average molecular weight is 367 g/mol. The molecule has 0 saturated heterocycles. The van der Waals surface area contributed by atoms with Crippen molar-refractivity contribution < 1.29 is 14.3 Å². The summed E-state index contributed by atoms with van der Waals surface area (Å²) in [5.74, 6) is 1.54. The third-order valence-corrected chi connectivity index (χ3v) is 5.47. The van der Waals surface area contributed by atoms with Gasteiger partial charge in [-0.25, -0.2) is 0 Å². The Bertz CT molecular complexity index is 798. The first-order valence-electron chi connectivity index (χ1n) is 9.73. The zero-order valence-corrected chi connectivity index (χ0v) is 16.7. The van der Waals surface area contributed by atoms with Gasteiger partial charge in [-0.05, 0) is 67.1 Å². The second kappa shape index (κ2) is 8.47. The molecule has 0 aliphatic carbocycles. The lowest BCUT2D eigenvalue weighted by Gasteiger charge is -2.36. The lowest BCUT2D eigenvalue weighted by molar-refractivity contribution is 0.0677. The van der Waals surface area contributed by atoms with Crippen LogP contribution in [0.15, 0.2) is 36.4 Å². The van der Waals surface area contributed by atoms with Gasteiger partial charge in [-0.3, -0.25) is 4.79 Å². The van der Waals surface area contributed by atoms with Crippen molar-refractivity contribution in [1.29, 1.82) is 0 Å². The van der Waals surface area contributed by atoms with Crippen molar-refractivity contribution in [1.82, 2.24) is 4.90 Å². The summed E-state index contributed by atoms with van der Waals surface area (Å²) in [5.41, 5.74) is 4.40. The number of aryl methyl sites for hydroxylation is 1. The van der Waals surface area contributed by atoms with Gasteiger partial charge in [0.05, 0.1) is 20.3 Å². The summed E-state index contributed by atoms with van der Waals surface area (Å²) >= 11 is 0. The molecule has 3 rings (SSSR count). The normalized spacial score (nSPS) is 16.0. The molecule has 1 atom stereocenters. The number of benzene rings is 2. The van der Waals surface area contributed by atoms with Crippen LogP contribution in [0, 0.1) is 0 Å². The van der Waals surface area contributed by atoms with Gasteiger partial charge in [0.2, 0.25) is 0 Å². The highest BCUT2D eigenvalue weighted by Gasteiger charge is 2.29. The molecule has 0 N–H and O–H groups in total. The molecule has 144 valence electrons. The van der Waals surface area contributed by atoms with E-state index < -0.39 is 0 Å². The summed E-state index contributed by atoms with van der Waals surface area (Å²) in [6.45, 7) is 4.98. The summed E-state index contributed by atoms with van der Waals surface area (Å²) in [5, 5.41) is 0. The van der Waals surface area contributed by atoms with Gasteiger partial charge in [-0.15, -0.1) is 0 Å². The van der Waals surface area contributed by atoms with Crippen LogP contribution in [0.25, 0.3) is 0 Å². The van der Waals surface area contributed by atoms with Crippen LogP contribution in [0.1, 0.15) is 59.8 Å². The third-order valence-electron chi connectivity index (χ3n) is 5.47. The maximum absolute atomic E-state index is 13.1. The Morgan fingerprint density at radius 1 is 1.11 bits per heavy atom. The van der Waals surface area contributed by atoms with E-state index in [0.29, 0.717) is 12.3 Å². The topological polar surface area (TPSA) is 38.8 Å². The fraction of sp³-hybridized carbons (Fsp3) is 0.435. The maximum atomic E-state index is 13.1. The highest BCUT2D eigenvalue weighted by Crippen LogP contribution is 2.38. The molecule has 0 saturated carbocycles. The predicted octanol–water partition coefficient (Wildman–Crippen LogP) is 4.81. The Balaban J connectivity index is 1.81. The average Bonchev–Trinajstić information content (AvgIpc) is 2.71. The lowest BCUT2D eigenvalue weighted by Crippen LogP contribution is -2.38. The SMILES string of the molecule is CCCCc1ccc(C(=O)N2CCc3cc(OC)c(OC)cc3[C@@H]2C)cc1. The molecule has 1 amide bonds. The number of nitrogens with zero attached hydrogens (tertiary/aromatic N) is 1. The minimum atomic E-state index is 0.000763. The first kappa shape index (κ1) is 19.3. The van der Waals surface area contributed by atoms with Crippen molar-refractivity contribution in [2.45, 2.75) is 45.6 Å². The Morgan fingerprint density at radius 3 is 2.41 bits per heavy atom. The molecule has 0 radical (unpaired) electrons. The molecule has 1 aliphatic rings. The highest BCUT2D eigenvalue weighted by atomic mass is 16.5. The van der Waals surface area contributed by atoms with E-state index in [9.17, 15) is 4.79 Å². The van der Waals surface area contributed by atoms with Gasteiger partial charge in [0.1, 0.15) is 0 Å². The summed E-state index contributed by atoms with van der Waals surface area (Å²) in [4.78, 5) is 15.0. The number of fused-ring (bicyclic) bond motifs is 1. The minimum Gasteiger partial charge on any atom is -0.493 e. The highest BCUT2D eigenvalue weighted by molar-refractivity contribution is 5.94. The van der Waals surface area contributed by atoms with Crippen LogP contribution in [-0.2, 0) is 12.8 Å². The molecule has 0 spiro atoms. The van der Waals surface area contributed by atoms with Crippen LogP contribution in [0.5, 0.6) is 11.5 Å². The number of amides is 1. The molecule has 4 nitrogen and oxygen atoms in total. The van der Waals surface area contributed by atoms with Gasteiger partial charge in [0, 0.05) is 12.1 Å². The van der Waals surface area contributed by atoms with E-state index in [1.54, 1.807) is 14.2 Å². The molecule has 27 heavy (non-hydrogen) atoms. The summed E-state index contributed by atoms with van der Waals surface area (Å²) < 4.78 is 10.9. The second-order valence-electron chi connectivity index (χ2n) is 7.13. The van der Waals surface area contributed by atoms with Crippen LogP contribution < -0.4 is 9.47 Å². The second-order valence-corrected chi connectivity index (χ2v) is 7.13. The van der Waals surface area contributed by atoms with Crippen LogP contribution in [0.3, 0.4) is 0 Å². The number of hydrogen-bond acceptors (Lipinski definition) is 3. The van der Waals surface area contributed by atoms with Crippen molar-refractivity contribution in [2.75, 3.05) is 20.8 Å². The van der Waals surface area contributed by atoms with Gasteiger partial charge in [-0.2, -0.15) is 0 Å². The molecule has 1 aliphatic heterocycles. The maximum Gasteiger partial charge on any atom is 0.254 e. The quantitative estimate of drug-likeness (QED) is 0.736. The lowest BCUT2D eigenvalue weighted by atomic mass is 9.92. The van der Waals surface area contributed by atoms with Gasteiger partial charge < -0.3 is 14.4 Å². The number of carbonyl (C=O) groups is 1. The van der Waals surface area contributed by atoms with E-state index in [1.807, 2.05) is 29.2 Å². The number of methoxy groups -OCH3 is 2. The first-order chi connectivity index (χ1) is 13.1. The number of unbranched alkanes of at least 4 members (excludes halogenated alkanes) is 1. The van der Waals surface area contributed by atoms with E-state index in [2.05, 4.69) is 26.0 Å². The van der Waals surface area contributed by atoms with E-state index in [1.165, 1.54) is 24.0 Å². The molecule has 0 unspecified atom stereocenters. The molecular formula is C23H29NO3. The molecule has 1 heterocycles. The Hall–Kier alpha value is -2.49. The summed E-state index contributed by atoms with van der Waals surface area (Å²) in [7, 11) is 3.29. The molecule has 2 aromatic carbocycles. The van der Waals surface area contributed by atoms with Crippen molar-refractivity contribution >= 4 is 5.91 Å². The summed E-state index contributed by atoms with van der Waals surface area (Å²) in [6.07, 6.45) is 4.25. The van der Waals surface area contributed by atoms with Gasteiger partial charge in [0.25, 0.3) is 5.91 Å². The molecule has 0 aromatic heterocycles. The van der Waals surface area contributed by atoms with Crippen LogP contribution in [-0.4, -0.2) is 31.6 Å². The van der Waals surface area contributed by atoms with Gasteiger partial charge in [0.15, 0.2) is 11.5 Å². The number of ether oxygens (including phenoxy) is 2. The van der Waals surface area contributed by atoms with E-state index in [4.69, 9.17) is 9.47 Å². The molecule has 2 aromatic rings. The monoisotopic (exact) mass is 367 g/mol. The van der Waals surface area contributed by atoms with Gasteiger partial charge >= 0.3 is 0 Å². The zero-order chi connectivity index (χ0) is 19.4. The van der Waals surface area contributed by atoms with Crippen molar-refractivity contribution in [3.8, 4) is 11.5 Å². The van der Waals surface area contributed by atoms with E-state index >= 15 is 0 Å². The Labute approximate surface area is 162 Å². The predicted molar refractivity (Wildman–Crippen MR) is 108 cm³/mol. The smallest absolute Gasteiger partial charge is 0.254 e. The van der Waals surface area contributed by atoms with Crippen molar-refractivity contribution in [2.24, 2.45) is 0 Å². The third kappa shape index (κ3) is 3.95. The van der Waals surface area contributed by atoms with Crippen LogP contribution in [0.2, 0.25) is 0 Å².